The number of allylic oxidation sites excluding steroid dienone is 5. The van der Waals surface area contributed by atoms with Gasteiger partial charge in [0.2, 0.25) is 0 Å². The van der Waals surface area contributed by atoms with E-state index in [-0.39, 0.29) is 0 Å². The number of fused-ring (bicyclic) bond motifs is 2. The predicted octanol–water partition coefficient (Wildman–Crippen LogP) is 7.86. The van der Waals surface area contributed by atoms with Gasteiger partial charge in [0, 0.05) is 0 Å². The Balaban J connectivity index is 1.50. The van der Waals surface area contributed by atoms with Gasteiger partial charge in [-0.05, 0) is 0 Å². The van der Waals surface area contributed by atoms with Gasteiger partial charge in [-0.2, -0.15) is 0 Å². The van der Waals surface area contributed by atoms with Gasteiger partial charge < -0.3 is 0 Å². The third-order valence-corrected chi connectivity index (χ3v) is 13.4. The Morgan fingerprint density at radius 2 is 1.97 bits per heavy atom. The van der Waals surface area contributed by atoms with Crippen molar-refractivity contribution in [2.75, 3.05) is 0 Å². The monoisotopic (exact) mass is 546 g/mol. The Morgan fingerprint density at radius 3 is 2.79 bits per heavy atom. The molecule has 0 radical (unpaired) electrons. The molecule has 3 aliphatic rings. The van der Waals surface area contributed by atoms with Crippen molar-refractivity contribution in [3.8, 4) is 11.1 Å². The number of hydrogen-bond donors (Lipinski definition) is 0. The van der Waals surface area contributed by atoms with Gasteiger partial charge in [-0.25, -0.2) is 0 Å². The minimum atomic E-state index is -0.892. The van der Waals surface area contributed by atoms with E-state index in [4.69, 9.17) is 0 Å². The van der Waals surface area contributed by atoms with E-state index in [9.17, 15) is 0 Å². The third-order valence-electron chi connectivity index (χ3n) is 6.76. The van der Waals surface area contributed by atoms with E-state index in [1.165, 1.54) is 44.1 Å². The molecule has 0 saturated heterocycles. The van der Waals surface area contributed by atoms with Crippen LogP contribution in [0.5, 0.6) is 0 Å². The Morgan fingerprint density at radius 1 is 1.10 bits per heavy atom. The van der Waals surface area contributed by atoms with Crippen molar-refractivity contribution in [2.45, 2.75) is 59.7 Å². The summed E-state index contributed by atoms with van der Waals surface area (Å²) in [6.45, 7) is 4.69. The molecule has 144 valence electrons. The molecule has 29 heavy (non-hydrogen) atoms. The van der Waals surface area contributed by atoms with Crippen LogP contribution in [0.3, 0.4) is 0 Å². The van der Waals surface area contributed by atoms with E-state index in [1.54, 1.807) is 39.0 Å². The summed E-state index contributed by atoms with van der Waals surface area (Å²) < 4.78 is 1.55. The number of rotatable bonds is 6. The first-order valence-electron chi connectivity index (χ1n) is 11.3. The Labute approximate surface area is 187 Å². The van der Waals surface area contributed by atoms with Crippen molar-refractivity contribution in [1.29, 1.82) is 0 Å². The van der Waals surface area contributed by atoms with Crippen LogP contribution in [0.4, 0.5) is 0 Å². The molecule has 0 aromatic heterocycles. The van der Waals surface area contributed by atoms with Crippen LogP contribution in [0.25, 0.3) is 17.2 Å². The van der Waals surface area contributed by atoms with Crippen LogP contribution < -0.4 is 0 Å². The molecule has 2 aromatic rings. The molecule has 0 nitrogen and oxygen atoms in total. The zero-order chi connectivity index (χ0) is 19.8. The normalized spacial score (nSPS) is 21.6. The summed E-state index contributed by atoms with van der Waals surface area (Å²) >= 11 is -0.892. The zero-order valence-corrected chi connectivity index (χ0v) is 21.3. The maximum atomic E-state index is 2.62. The van der Waals surface area contributed by atoms with Crippen LogP contribution in [-0.4, -0.2) is 0 Å². The summed E-state index contributed by atoms with van der Waals surface area (Å²) in [4.78, 5) is 0. The van der Waals surface area contributed by atoms with Crippen molar-refractivity contribution < 1.29 is 22.9 Å². The molecular formula is C28H30Hf+2. The molecule has 5 rings (SSSR count). The second kappa shape index (κ2) is 8.34. The van der Waals surface area contributed by atoms with Crippen molar-refractivity contribution in [2.24, 2.45) is 0 Å². The Kier molecular flexibility index (Phi) is 5.61. The van der Waals surface area contributed by atoms with E-state index in [0.29, 0.717) is 0 Å². The van der Waals surface area contributed by atoms with Crippen molar-refractivity contribution in [3.05, 3.63) is 88.0 Å². The summed E-state index contributed by atoms with van der Waals surface area (Å²) in [6.07, 6.45) is 17.9. The molecule has 0 fully saturated rings. The van der Waals surface area contributed by atoms with E-state index in [0.717, 1.165) is 7.35 Å². The first kappa shape index (κ1) is 19.5. The second-order valence-corrected chi connectivity index (χ2v) is 14.5. The van der Waals surface area contributed by atoms with E-state index in [2.05, 4.69) is 74.5 Å². The third kappa shape index (κ3) is 3.72. The molecule has 2 aromatic carbocycles. The molecular weight excluding hydrogens is 515 g/mol. The molecule has 0 N–H and O–H groups in total. The molecule has 2 atom stereocenters. The standard InChI is InChI=1S/C19H17.C9H13.Hf/c1-13-10-16-12-15-8-5-9-17(15)19(18(16)11-13)14-6-3-2-4-7-14;1-2-3-6-9-7-4-5-8-9;/h2-4,6-7,10-12H,5,8-9H2,1H3;4-5,7-8H,2-3,6H2,1H3;/q;;+2. The molecule has 1 heteroatoms. The van der Waals surface area contributed by atoms with Crippen LogP contribution in [0.2, 0.25) is 3.67 Å². The first-order valence-corrected chi connectivity index (χ1v) is 15.5. The summed E-state index contributed by atoms with van der Waals surface area (Å²) in [5.41, 5.74) is 12.7. The van der Waals surface area contributed by atoms with Crippen LogP contribution in [-0.2, 0) is 35.7 Å². The second-order valence-electron chi connectivity index (χ2n) is 8.83. The van der Waals surface area contributed by atoms with Crippen LogP contribution in [0, 0.1) is 0 Å². The molecule has 0 amide bonds. The maximum absolute atomic E-state index is 2.62. The van der Waals surface area contributed by atoms with Gasteiger partial charge in [0.15, 0.2) is 0 Å². The van der Waals surface area contributed by atoms with Crippen LogP contribution in [0.15, 0.2) is 65.8 Å². The van der Waals surface area contributed by atoms with Crippen molar-refractivity contribution in [3.63, 3.8) is 0 Å². The minimum absolute atomic E-state index is 0.759. The van der Waals surface area contributed by atoms with Gasteiger partial charge in [0.25, 0.3) is 0 Å². The molecule has 0 aliphatic heterocycles. The summed E-state index contributed by atoms with van der Waals surface area (Å²) in [5, 5.41) is 0. The van der Waals surface area contributed by atoms with Gasteiger partial charge in [-0.3, -0.25) is 0 Å². The van der Waals surface area contributed by atoms with Gasteiger partial charge in [-0.1, -0.05) is 0 Å². The number of unbranched alkanes of at least 4 members (excludes halogenated alkanes) is 1. The van der Waals surface area contributed by atoms with Gasteiger partial charge in [0.1, 0.15) is 0 Å². The van der Waals surface area contributed by atoms with Crippen molar-refractivity contribution in [1.82, 2.24) is 0 Å². The van der Waals surface area contributed by atoms with Crippen LogP contribution in [0.1, 0.15) is 65.5 Å². The summed E-state index contributed by atoms with van der Waals surface area (Å²) in [5.74, 6) is 0. The van der Waals surface area contributed by atoms with Gasteiger partial charge in [-0.15, -0.1) is 0 Å². The number of hydrogen-bond acceptors (Lipinski definition) is 0. The molecule has 0 bridgehead atoms. The number of benzene rings is 2. The van der Waals surface area contributed by atoms with Crippen LogP contribution >= 0.6 is 0 Å². The quantitative estimate of drug-likeness (QED) is 0.325. The van der Waals surface area contributed by atoms with E-state index >= 15 is 0 Å². The average Bonchev–Trinajstić information content (AvgIpc) is 3.45. The molecule has 0 heterocycles. The first-order chi connectivity index (χ1) is 14.2. The van der Waals surface area contributed by atoms with Gasteiger partial charge >= 0.3 is 188 Å². The SMILES string of the molecule is CCCCC1=C[CH]([Hf+2][CH]2C(C)=Cc3c2cc2c(c3-c3ccccc3)CCC2)C=C1. The molecule has 0 saturated carbocycles. The van der Waals surface area contributed by atoms with E-state index in [1.807, 2.05) is 0 Å². The average molecular weight is 545 g/mol. The predicted molar refractivity (Wildman–Crippen MR) is 121 cm³/mol. The summed E-state index contributed by atoms with van der Waals surface area (Å²) in [6, 6.07) is 13.8. The summed E-state index contributed by atoms with van der Waals surface area (Å²) in [7, 11) is 0. The topological polar surface area (TPSA) is 0 Å². The number of aryl methyl sites for hydroxylation is 1. The van der Waals surface area contributed by atoms with Gasteiger partial charge in [0.05, 0.1) is 0 Å². The fourth-order valence-electron chi connectivity index (χ4n) is 5.30. The van der Waals surface area contributed by atoms with Crippen molar-refractivity contribution >= 4 is 6.08 Å². The molecule has 2 unspecified atom stereocenters. The zero-order valence-electron chi connectivity index (χ0n) is 17.7. The fourth-order valence-corrected chi connectivity index (χ4v) is 11.3. The van der Waals surface area contributed by atoms with E-state index < -0.39 is 22.9 Å². The molecule has 0 spiro atoms. The Bertz CT molecular complexity index is 1010. The Hall–Kier alpha value is -1.47. The fraction of sp³-hybridized carbons (Fsp3) is 0.357. The molecule has 3 aliphatic carbocycles.